The van der Waals surface area contributed by atoms with E-state index in [0.717, 1.165) is 60.1 Å². The number of carbonyl (C=O) groups excluding carboxylic acids is 1. The first-order valence-electron chi connectivity index (χ1n) is 11.4. The predicted octanol–water partition coefficient (Wildman–Crippen LogP) is 6.53. The van der Waals surface area contributed by atoms with Crippen molar-refractivity contribution < 1.29 is 9.53 Å². The molecule has 33 heavy (non-hydrogen) atoms. The average Bonchev–Trinajstić information content (AvgIpc) is 3.19. The third-order valence-electron chi connectivity index (χ3n) is 6.21. The maximum atomic E-state index is 12.8. The number of hydrogen-bond acceptors (Lipinski definition) is 3. The Balaban J connectivity index is 1.22. The van der Waals surface area contributed by atoms with Crippen molar-refractivity contribution in [2.45, 2.75) is 26.7 Å². The quantitative estimate of drug-likeness (QED) is 0.362. The molecule has 0 aliphatic carbocycles. The van der Waals surface area contributed by atoms with Crippen LogP contribution in [0.3, 0.4) is 0 Å². The summed E-state index contributed by atoms with van der Waals surface area (Å²) in [5, 5.41) is 0.737. The zero-order valence-corrected chi connectivity index (χ0v) is 20.0. The second-order valence-corrected chi connectivity index (χ2v) is 9.61. The van der Waals surface area contributed by atoms with Crippen LogP contribution in [-0.4, -0.2) is 42.2 Å². The van der Waals surface area contributed by atoms with Gasteiger partial charge in [0.2, 0.25) is 0 Å². The molecule has 1 fully saturated rings. The number of nitrogens with zero attached hydrogens (tertiary/aromatic N) is 3. The van der Waals surface area contributed by atoms with Crippen LogP contribution in [0.5, 0.6) is 5.75 Å². The maximum absolute atomic E-state index is 12.8. The number of carbonyl (C=O) groups is 1. The number of pyridine rings is 1. The standard InChI is InChI=1S/C27H30ClN3O2/c1-27(2,13-17-30-18-19-31(26(30)32)24-11-15-29-16-12-24)14-20-33-25-9-5-22(6-10-25)21-3-7-23(28)8-4-21/h3-12,15-16H,13-14,17-20H2,1-2H3. The normalized spacial score (nSPS) is 14.1. The van der Waals surface area contributed by atoms with Crippen molar-refractivity contribution in [1.82, 2.24) is 9.88 Å². The third kappa shape index (κ3) is 6.05. The average molecular weight is 464 g/mol. The van der Waals surface area contributed by atoms with Crippen molar-refractivity contribution in [3.63, 3.8) is 0 Å². The molecule has 6 heteroatoms. The zero-order valence-electron chi connectivity index (χ0n) is 19.2. The van der Waals surface area contributed by atoms with Crippen molar-refractivity contribution >= 4 is 23.3 Å². The van der Waals surface area contributed by atoms with Gasteiger partial charge in [0.05, 0.1) is 6.61 Å². The Morgan fingerprint density at radius 2 is 1.55 bits per heavy atom. The van der Waals surface area contributed by atoms with E-state index in [1.165, 1.54) is 0 Å². The fourth-order valence-corrected chi connectivity index (χ4v) is 4.07. The Bertz CT molecular complexity index is 1050. The lowest BCUT2D eigenvalue weighted by Crippen LogP contribution is -2.34. The van der Waals surface area contributed by atoms with Crippen LogP contribution in [0.4, 0.5) is 10.5 Å². The lowest BCUT2D eigenvalue weighted by Gasteiger charge is -2.27. The summed E-state index contributed by atoms with van der Waals surface area (Å²) >= 11 is 5.97. The number of hydrogen-bond donors (Lipinski definition) is 0. The Morgan fingerprint density at radius 3 is 2.21 bits per heavy atom. The summed E-state index contributed by atoms with van der Waals surface area (Å²) in [5.41, 5.74) is 3.25. The van der Waals surface area contributed by atoms with E-state index in [1.54, 1.807) is 12.4 Å². The topological polar surface area (TPSA) is 45.7 Å². The number of rotatable bonds is 9. The second-order valence-electron chi connectivity index (χ2n) is 9.17. The molecular formula is C27H30ClN3O2. The second kappa shape index (κ2) is 10.3. The number of aromatic nitrogens is 1. The Morgan fingerprint density at radius 1 is 0.909 bits per heavy atom. The summed E-state index contributed by atoms with van der Waals surface area (Å²) in [4.78, 5) is 20.6. The van der Waals surface area contributed by atoms with Gasteiger partial charge < -0.3 is 9.64 Å². The molecule has 0 radical (unpaired) electrons. The summed E-state index contributed by atoms with van der Waals surface area (Å²) in [5.74, 6) is 0.867. The van der Waals surface area contributed by atoms with Crippen LogP contribution in [0.1, 0.15) is 26.7 Å². The van der Waals surface area contributed by atoms with Gasteiger partial charge in [-0.15, -0.1) is 0 Å². The number of amides is 2. The molecule has 0 spiro atoms. The molecule has 0 bridgehead atoms. The van der Waals surface area contributed by atoms with Gasteiger partial charge in [-0.25, -0.2) is 4.79 Å². The van der Waals surface area contributed by atoms with E-state index >= 15 is 0 Å². The van der Waals surface area contributed by atoms with Crippen LogP contribution in [0.15, 0.2) is 73.1 Å². The van der Waals surface area contributed by atoms with E-state index in [9.17, 15) is 4.79 Å². The molecule has 2 heterocycles. The minimum absolute atomic E-state index is 0.0770. The van der Waals surface area contributed by atoms with Crippen LogP contribution in [0.25, 0.3) is 11.1 Å². The van der Waals surface area contributed by atoms with E-state index < -0.39 is 0 Å². The third-order valence-corrected chi connectivity index (χ3v) is 6.46. The monoisotopic (exact) mass is 463 g/mol. The van der Waals surface area contributed by atoms with Gasteiger partial charge in [0.25, 0.3) is 0 Å². The van der Waals surface area contributed by atoms with Crippen molar-refractivity contribution in [2.24, 2.45) is 5.41 Å². The van der Waals surface area contributed by atoms with Gasteiger partial charge in [-0.05, 0) is 65.8 Å². The van der Waals surface area contributed by atoms with Crippen molar-refractivity contribution in [1.29, 1.82) is 0 Å². The lowest BCUT2D eigenvalue weighted by atomic mass is 9.86. The molecule has 5 nitrogen and oxygen atoms in total. The van der Waals surface area contributed by atoms with Gasteiger partial charge in [-0.2, -0.15) is 0 Å². The van der Waals surface area contributed by atoms with Gasteiger partial charge in [-0.1, -0.05) is 49.7 Å². The summed E-state index contributed by atoms with van der Waals surface area (Å²) < 4.78 is 6.00. The molecule has 2 aromatic carbocycles. The van der Waals surface area contributed by atoms with E-state index in [2.05, 4.69) is 31.0 Å². The maximum Gasteiger partial charge on any atom is 0.324 e. The summed E-state index contributed by atoms with van der Waals surface area (Å²) in [7, 11) is 0. The molecule has 1 aliphatic rings. The molecule has 0 saturated carbocycles. The van der Waals surface area contributed by atoms with E-state index in [0.29, 0.717) is 6.61 Å². The molecule has 4 rings (SSSR count). The molecule has 1 aliphatic heterocycles. The van der Waals surface area contributed by atoms with Gasteiger partial charge in [-0.3, -0.25) is 9.88 Å². The molecular weight excluding hydrogens is 434 g/mol. The minimum Gasteiger partial charge on any atom is -0.494 e. The molecule has 2 amide bonds. The minimum atomic E-state index is 0.0770. The van der Waals surface area contributed by atoms with E-state index in [1.807, 2.05) is 58.3 Å². The highest BCUT2D eigenvalue weighted by atomic mass is 35.5. The molecule has 0 atom stereocenters. The van der Waals surface area contributed by atoms with Gasteiger partial charge >= 0.3 is 6.03 Å². The van der Waals surface area contributed by atoms with Gasteiger partial charge in [0.1, 0.15) is 5.75 Å². The van der Waals surface area contributed by atoms with Crippen LogP contribution in [-0.2, 0) is 0 Å². The Hall–Kier alpha value is -3.05. The van der Waals surface area contributed by atoms with Crippen LogP contribution >= 0.6 is 11.6 Å². The highest BCUT2D eigenvalue weighted by molar-refractivity contribution is 6.30. The molecule has 1 saturated heterocycles. The first-order valence-corrected chi connectivity index (χ1v) is 11.7. The molecule has 1 aromatic heterocycles. The SMILES string of the molecule is CC(C)(CCOc1ccc(-c2ccc(Cl)cc2)cc1)CCN1CCN(c2ccncc2)C1=O. The lowest BCUT2D eigenvalue weighted by molar-refractivity contribution is 0.188. The van der Waals surface area contributed by atoms with E-state index in [4.69, 9.17) is 16.3 Å². The summed E-state index contributed by atoms with van der Waals surface area (Å²) in [6, 6.07) is 19.8. The first kappa shape index (κ1) is 23.1. The molecule has 0 unspecified atom stereocenters. The van der Waals surface area contributed by atoms with Gasteiger partial charge in [0, 0.05) is 42.7 Å². The van der Waals surface area contributed by atoms with Crippen molar-refractivity contribution in [3.05, 3.63) is 78.1 Å². The van der Waals surface area contributed by atoms with Gasteiger partial charge in [0.15, 0.2) is 0 Å². The molecule has 0 N–H and O–H groups in total. The fourth-order valence-electron chi connectivity index (χ4n) is 3.95. The smallest absolute Gasteiger partial charge is 0.324 e. The van der Waals surface area contributed by atoms with E-state index in [-0.39, 0.29) is 11.4 Å². The van der Waals surface area contributed by atoms with Crippen LogP contribution < -0.4 is 9.64 Å². The van der Waals surface area contributed by atoms with Crippen molar-refractivity contribution in [3.8, 4) is 16.9 Å². The number of ether oxygens (including phenoxy) is 1. The molecule has 3 aromatic rings. The summed E-state index contributed by atoms with van der Waals surface area (Å²) in [6.07, 6.45) is 5.29. The Labute approximate surface area is 201 Å². The fraction of sp³-hybridized carbons (Fsp3) is 0.333. The highest BCUT2D eigenvalue weighted by Crippen LogP contribution is 2.28. The Kier molecular flexibility index (Phi) is 7.19. The number of benzene rings is 2. The number of anilines is 1. The highest BCUT2D eigenvalue weighted by Gasteiger charge is 2.30. The van der Waals surface area contributed by atoms with Crippen LogP contribution in [0.2, 0.25) is 5.02 Å². The van der Waals surface area contributed by atoms with Crippen molar-refractivity contribution in [2.75, 3.05) is 31.1 Å². The predicted molar refractivity (Wildman–Crippen MR) is 134 cm³/mol. The van der Waals surface area contributed by atoms with Crippen LogP contribution in [0, 0.1) is 5.41 Å². The zero-order chi connectivity index (χ0) is 23.3. The number of urea groups is 1. The summed E-state index contributed by atoms with van der Waals surface area (Å²) in [6.45, 7) is 7.35. The molecule has 172 valence electrons. The first-order chi connectivity index (χ1) is 15.9. The largest absolute Gasteiger partial charge is 0.494 e. The number of halogens is 1.